The van der Waals surface area contributed by atoms with Gasteiger partial charge in [0.25, 0.3) is 5.91 Å². The third-order valence-corrected chi connectivity index (χ3v) is 9.59. The number of benzene rings is 2. The van der Waals surface area contributed by atoms with Crippen molar-refractivity contribution in [2.75, 3.05) is 20.1 Å². The molecular formula is C27H34N4O3S. The molecule has 2 aliphatic rings. The summed E-state index contributed by atoms with van der Waals surface area (Å²) in [4.78, 5) is 23.2. The van der Waals surface area contributed by atoms with Gasteiger partial charge in [-0.1, -0.05) is 25.3 Å². The van der Waals surface area contributed by atoms with E-state index in [-0.39, 0.29) is 22.8 Å². The monoisotopic (exact) mass is 494 g/mol. The zero-order valence-corrected chi connectivity index (χ0v) is 21.4. The summed E-state index contributed by atoms with van der Waals surface area (Å²) in [7, 11) is -1.75. The van der Waals surface area contributed by atoms with Gasteiger partial charge in [-0.25, -0.2) is 13.4 Å². The number of amides is 1. The second-order valence-electron chi connectivity index (χ2n) is 10.1. The zero-order chi connectivity index (χ0) is 24.6. The number of H-pyrrole nitrogens is 1. The van der Waals surface area contributed by atoms with Crippen molar-refractivity contribution in [3.63, 3.8) is 0 Å². The molecule has 186 valence electrons. The Morgan fingerprint density at radius 1 is 1.00 bits per heavy atom. The molecule has 1 amide bonds. The molecule has 1 saturated carbocycles. The number of piperidine rings is 1. The predicted octanol–water partition coefficient (Wildman–Crippen LogP) is 4.84. The lowest BCUT2D eigenvalue weighted by Gasteiger charge is -2.31. The van der Waals surface area contributed by atoms with Gasteiger partial charge in [-0.3, -0.25) is 4.79 Å². The van der Waals surface area contributed by atoms with E-state index >= 15 is 0 Å². The molecule has 3 aromatic rings. The summed E-state index contributed by atoms with van der Waals surface area (Å²) in [6.45, 7) is 2.96. The number of hydrogen-bond donors (Lipinski definition) is 1. The summed E-state index contributed by atoms with van der Waals surface area (Å²) in [5, 5.41) is 0. The van der Waals surface area contributed by atoms with Crippen LogP contribution in [0.5, 0.6) is 0 Å². The highest BCUT2D eigenvalue weighted by atomic mass is 32.2. The van der Waals surface area contributed by atoms with Gasteiger partial charge >= 0.3 is 0 Å². The highest BCUT2D eigenvalue weighted by Crippen LogP contribution is 2.31. The Balaban J connectivity index is 1.23. The maximum absolute atomic E-state index is 13.3. The van der Waals surface area contributed by atoms with Gasteiger partial charge in [0.1, 0.15) is 5.82 Å². The van der Waals surface area contributed by atoms with Crippen LogP contribution in [-0.4, -0.2) is 59.7 Å². The molecule has 2 aromatic carbocycles. The molecule has 0 radical (unpaired) electrons. The largest absolute Gasteiger partial charge is 0.342 e. The molecule has 2 fully saturated rings. The first-order valence-corrected chi connectivity index (χ1v) is 14.1. The molecule has 1 aromatic heterocycles. The first kappa shape index (κ1) is 24.0. The highest BCUT2D eigenvalue weighted by Gasteiger charge is 2.31. The Bertz CT molecular complexity index is 1300. The van der Waals surface area contributed by atoms with Crippen LogP contribution in [-0.2, 0) is 10.0 Å². The van der Waals surface area contributed by atoms with E-state index in [1.54, 1.807) is 28.6 Å². The van der Waals surface area contributed by atoms with Gasteiger partial charge in [0.05, 0.1) is 15.9 Å². The van der Waals surface area contributed by atoms with Gasteiger partial charge < -0.3 is 9.88 Å². The number of sulfonamides is 1. The average Bonchev–Trinajstić information content (AvgIpc) is 3.32. The Hall–Kier alpha value is -2.71. The van der Waals surface area contributed by atoms with Crippen LogP contribution in [0.3, 0.4) is 0 Å². The summed E-state index contributed by atoms with van der Waals surface area (Å²) in [6.07, 6.45) is 7.08. The standard InChI is InChI=1S/C27H34N4O3S/c1-19-8-13-24-25(18-19)29-26(28-24)20-14-16-31(17-15-20)35(33,34)23-11-9-21(10-12-23)27(32)30(2)22-6-4-3-5-7-22/h8-13,18,20,22H,3-7,14-17H2,1-2H3,(H,28,29). The number of imidazole rings is 1. The van der Waals surface area contributed by atoms with Crippen LogP contribution >= 0.6 is 0 Å². The maximum atomic E-state index is 13.3. The molecule has 2 heterocycles. The Morgan fingerprint density at radius 3 is 2.37 bits per heavy atom. The summed E-state index contributed by atoms with van der Waals surface area (Å²) >= 11 is 0. The zero-order valence-electron chi connectivity index (χ0n) is 20.5. The molecule has 0 unspecified atom stereocenters. The number of aromatic amines is 1. The van der Waals surface area contributed by atoms with Crippen LogP contribution in [0, 0.1) is 6.92 Å². The van der Waals surface area contributed by atoms with Crippen LogP contribution in [0.1, 0.15) is 72.6 Å². The Labute approximate surface area is 207 Å². The fourth-order valence-electron chi connectivity index (χ4n) is 5.46. The lowest BCUT2D eigenvalue weighted by molar-refractivity contribution is 0.0696. The van der Waals surface area contributed by atoms with E-state index in [9.17, 15) is 13.2 Å². The third kappa shape index (κ3) is 4.86. The van der Waals surface area contributed by atoms with Crippen LogP contribution in [0.25, 0.3) is 11.0 Å². The van der Waals surface area contributed by atoms with E-state index in [4.69, 9.17) is 4.98 Å². The number of carbonyl (C=O) groups is 1. The van der Waals surface area contributed by atoms with Gasteiger partial charge in [-0.2, -0.15) is 4.31 Å². The van der Waals surface area contributed by atoms with E-state index < -0.39 is 10.0 Å². The van der Waals surface area contributed by atoms with Crippen molar-refractivity contribution in [1.29, 1.82) is 0 Å². The number of aryl methyl sites for hydroxylation is 1. The SMILES string of the molecule is Cc1ccc2nc(C3CCN(S(=O)(=O)c4ccc(C(=O)N(C)C5CCCCC5)cc4)CC3)[nH]c2c1. The van der Waals surface area contributed by atoms with Crippen LogP contribution in [0.2, 0.25) is 0 Å². The molecule has 0 atom stereocenters. The molecule has 35 heavy (non-hydrogen) atoms. The van der Waals surface area contributed by atoms with E-state index in [1.165, 1.54) is 12.0 Å². The molecule has 5 rings (SSSR count). The molecule has 7 nitrogen and oxygen atoms in total. The smallest absolute Gasteiger partial charge is 0.253 e. The first-order chi connectivity index (χ1) is 16.8. The Morgan fingerprint density at radius 2 is 1.69 bits per heavy atom. The van der Waals surface area contributed by atoms with Gasteiger partial charge in [-0.05, 0) is 74.6 Å². The molecule has 0 bridgehead atoms. The van der Waals surface area contributed by atoms with E-state index in [1.807, 2.05) is 18.0 Å². The van der Waals surface area contributed by atoms with E-state index in [2.05, 4.69) is 24.0 Å². The van der Waals surface area contributed by atoms with Crippen LogP contribution in [0.4, 0.5) is 0 Å². The summed E-state index contributed by atoms with van der Waals surface area (Å²) in [6, 6.07) is 12.9. The third-order valence-electron chi connectivity index (χ3n) is 7.68. The fraction of sp³-hybridized carbons (Fsp3) is 0.481. The number of fused-ring (bicyclic) bond motifs is 1. The summed E-state index contributed by atoms with van der Waals surface area (Å²) in [5.41, 5.74) is 3.70. The minimum Gasteiger partial charge on any atom is -0.342 e. The number of nitrogens with one attached hydrogen (secondary N) is 1. The lowest BCUT2D eigenvalue weighted by Crippen LogP contribution is -2.38. The maximum Gasteiger partial charge on any atom is 0.253 e. The van der Waals surface area contributed by atoms with Crippen molar-refractivity contribution in [3.05, 3.63) is 59.4 Å². The van der Waals surface area contributed by atoms with Crippen molar-refractivity contribution in [2.24, 2.45) is 0 Å². The van der Waals surface area contributed by atoms with E-state index in [0.717, 1.165) is 55.4 Å². The summed E-state index contributed by atoms with van der Waals surface area (Å²) < 4.78 is 28.1. The Kier molecular flexibility index (Phi) is 6.68. The minimum absolute atomic E-state index is 0.0392. The van der Waals surface area contributed by atoms with Crippen molar-refractivity contribution < 1.29 is 13.2 Å². The molecular weight excluding hydrogens is 460 g/mol. The molecule has 1 saturated heterocycles. The van der Waals surface area contributed by atoms with Crippen molar-refractivity contribution in [1.82, 2.24) is 19.2 Å². The number of hydrogen-bond acceptors (Lipinski definition) is 4. The van der Waals surface area contributed by atoms with Crippen molar-refractivity contribution in [2.45, 2.75) is 68.7 Å². The molecule has 0 spiro atoms. The topological polar surface area (TPSA) is 86.4 Å². The molecule has 1 N–H and O–H groups in total. The molecule has 1 aliphatic heterocycles. The van der Waals surface area contributed by atoms with Gasteiger partial charge in [0.15, 0.2) is 0 Å². The van der Waals surface area contributed by atoms with Gasteiger partial charge in [0.2, 0.25) is 10.0 Å². The lowest BCUT2D eigenvalue weighted by atomic mass is 9.94. The fourth-order valence-corrected chi connectivity index (χ4v) is 6.93. The molecule has 8 heteroatoms. The number of carbonyl (C=O) groups excluding carboxylic acids is 1. The van der Waals surface area contributed by atoms with Crippen LogP contribution in [0.15, 0.2) is 47.4 Å². The van der Waals surface area contributed by atoms with Gasteiger partial charge in [-0.15, -0.1) is 0 Å². The molecule has 1 aliphatic carbocycles. The second-order valence-corrected chi connectivity index (χ2v) is 12.0. The highest BCUT2D eigenvalue weighted by molar-refractivity contribution is 7.89. The average molecular weight is 495 g/mol. The first-order valence-electron chi connectivity index (χ1n) is 12.7. The second kappa shape index (κ2) is 9.74. The van der Waals surface area contributed by atoms with Crippen LogP contribution < -0.4 is 0 Å². The van der Waals surface area contributed by atoms with Crippen molar-refractivity contribution >= 4 is 27.0 Å². The number of nitrogens with zero attached hydrogens (tertiary/aromatic N) is 3. The normalized spacial score (nSPS) is 18.7. The quantitative estimate of drug-likeness (QED) is 0.550. The predicted molar refractivity (Wildman–Crippen MR) is 137 cm³/mol. The van der Waals surface area contributed by atoms with Crippen molar-refractivity contribution in [3.8, 4) is 0 Å². The van der Waals surface area contributed by atoms with E-state index in [0.29, 0.717) is 18.7 Å². The number of aromatic nitrogens is 2. The minimum atomic E-state index is -3.60. The van der Waals surface area contributed by atoms with Gasteiger partial charge in [0, 0.05) is 37.7 Å². The number of rotatable bonds is 5. The summed E-state index contributed by atoms with van der Waals surface area (Å²) in [5.74, 6) is 1.11.